The van der Waals surface area contributed by atoms with Crippen molar-refractivity contribution in [2.75, 3.05) is 0 Å². The maximum absolute atomic E-state index is 2.55. The molecule has 1 rings (SSSR count). The first-order chi connectivity index (χ1) is 3.79. The molecule has 1 aliphatic rings. The second-order valence-corrected chi connectivity index (χ2v) is 9.25. The third kappa shape index (κ3) is 4.15. The summed E-state index contributed by atoms with van der Waals surface area (Å²) in [7, 11) is 0. The molecule has 0 aromatic rings. The van der Waals surface area contributed by atoms with Crippen LogP contribution in [-0.4, -0.2) is 29.9 Å². The van der Waals surface area contributed by atoms with Crippen molar-refractivity contribution in [3.05, 3.63) is 4.22 Å². The minimum absolute atomic E-state index is 0. The molecule has 0 aromatic heterocycles. The molecule has 1 heterocycles. The normalized spacial score (nSPS) is 35.3. The van der Waals surface area contributed by atoms with E-state index in [9.17, 15) is 0 Å². The molecule has 2 atom stereocenters. The fourth-order valence-corrected chi connectivity index (χ4v) is 8.86. The van der Waals surface area contributed by atoms with Gasteiger partial charge in [-0.25, -0.2) is 0 Å². The van der Waals surface area contributed by atoms with Crippen LogP contribution >= 0.6 is 0 Å². The van der Waals surface area contributed by atoms with Gasteiger partial charge in [0.25, 0.3) is 0 Å². The molecule has 0 N–H and O–H groups in total. The van der Waals surface area contributed by atoms with Crippen molar-refractivity contribution in [1.29, 1.82) is 0 Å². The maximum Gasteiger partial charge on any atom is 1.00 e. The summed E-state index contributed by atoms with van der Waals surface area (Å²) in [5.74, 6) is 0. The predicted molar refractivity (Wildman–Crippen MR) is 39.3 cm³/mol. The van der Waals surface area contributed by atoms with Crippen LogP contribution in [0.2, 0.25) is 9.63 Å². The third-order valence-corrected chi connectivity index (χ3v) is 6.89. The molecule has 1 fully saturated rings. The zero-order valence-corrected chi connectivity index (χ0v) is 9.68. The molecule has 1 saturated heterocycles. The van der Waals surface area contributed by atoms with Crippen LogP contribution in [0.1, 0.15) is 20.3 Å². The molecule has 1 aliphatic heterocycles. The Balaban J connectivity index is 0.000000640. The Morgan fingerprint density at radius 1 is 1.22 bits per heavy atom. The van der Waals surface area contributed by atoms with E-state index < -0.39 is 0 Å². The Labute approximate surface area is 82.4 Å². The van der Waals surface area contributed by atoms with Crippen LogP contribution in [0.25, 0.3) is 0 Å². The average molecular weight is 248 g/mol. The molecule has 0 amide bonds. The quantitative estimate of drug-likeness (QED) is 0.363. The summed E-state index contributed by atoms with van der Waals surface area (Å²) in [5, 5.41) is 0. The van der Waals surface area contributed by atoms with Gasteiger partial charge in [0, 0.05) is 0 Å². The molecule has 0 radical (unpaired) electrons. The summed E-state index contributed by atoms with van der Waals surface area (Å²) in [6, 6.07) is 0. The Morgan fingerprint density at radius 3 is 1.89 bits per heavy atom. The summed E-state index contributed by atoms with van der Waals surface area (Å²) < 4.78 is 2.55. The van der Waals surface area contributed by atoms with Crippen LogP contribution in [0.5, 0.6) is 0 Å². The van der Waals surface area contributed by atoms with Crippen molar-refractivity contribution >= 4 is 29.9 Å². The topological polar surface area (TPSA) is 0 Å². The first-order valence-electron chi connectivity index (χ1n) is 2.91. The van der Waals surface area contributed by atoms with Gasteiger partial charge in [-0.05, 0) is 0 Å². The van der Waals surface area contributed by atoms with Crippen LogP contribution in [0.15, 0.2) is 0 Å². The molecule has 0 spiro atoms. The van der Waals surface area contributed by atoms with Gasteiger partial charge >= 0.3 is 82.9 Å². The summed E-state index contributed by atoms with van der Waals surface area (Å²) in [6.45, 7) is 4.75. The van der Waals surface area contributed by atoms with Crippen molar-refractivity contribution in [3.63, 3.8) is 0 Å². The van der Waals surface area contributed by atoms with E-state index in [0.29, 0.717) is 0 Å². The van der Waals surface area contributed by atoms with E-state index >= 15 is 0 Å². The van der Waals surface area contributed by atoms with Crippen LogP contribution < -0.4 is 18.9 Å². The monoisotopic (exact) mass is 250 g/mol. The molecule has 0 bridgehead atoms. The van der Waals surface area contributed by atoms with E-state index in [0.717, 1.165) is 39.5 Å². The molecular formula is C6H11LiSe2. The molecule has 2 unspecified atom stereocenters. The molecule has 0 nitrogen and oxygen atoms in total. The molecule has 48 valence electrons. The van der Waals surface area contributed by atoms with Crippen molar-refractivity contribution in [1.82, 2.24) is 0 Å². The minimum Gasteiger partial charge on any atom is 1.00 e. The summed E-state index contributed by atoms with van der Waals surface area (Å²) in [4.78, 5) is 2.07. The Kier molecular flexibility index (Phi) is 6.27. The second-order valence-electron chi connectivity index (χ2n) is 2.23. The van der Waals surface area contributed by atoms with E-state index in [1.165, 1.54) is 6.42 Å². The van der Waals surface area contributed by atoms with Crippen LogP contribution in [-0.2, 0) is 0 Å². The van der Waals surface area contributed by atoms with Gasteiger partial charge in [0.1, 0.15) is 0 Å². The summed E-state index contributed by atoms with van der Waals surface area (Å²) in [5.41, 5.74) is 0. The van der Waals surface area contributed by atoms with Gasteiger partial charge in [-0.2, -0.15) is 0 Å². The van der Waals surface area contributed by atoms with Crippen LogP contribution in [0.4, 0.5) is 0 Å². The minimum atomic E-state index is 0. The molecule has 9 heavy (non-hydrogen) atoms. The standard InChI is InChI=1S/C6H11Se2.Li/c1-5-3-6(2)8-4-7-5;/h4-6H,3H2,1-2H3;/q-1;+1. The zero-order chi connectivity index (χ0) is 5.98. The van der Waals surface area contributed by atoms with Gasteiger partial charge in [0.15, 0.2) is 0 Å². The summed E-state index contributed by atoms with van der Waals surface area (Å²) in [6.07, 6.45) is 1.50. The molecule has 0 saturated carbocycles. The van der Waals surface area contributed by atoms with E-state index in [-0.39, 0.29) is 18.9 Å². The number of hydrogen-bond donors (Lipinski definition) is 0. The third-order valence-electron chi connectivity index (χ3n) is 1.24. The molecule has 0 aromatic carbocycles. The van der Waals surface area contributed by atoms with Crippen LogP contribution in [0, 0.1) is 4.22 Å². The van der Waals surface area contributed by atoms with Crippen molar-refractivity contribution in [2.45, 2.75) is 29.9 Å². The van der Waals surface area contributed by atoms with E-state index in [1.54, 1.807) is 0 Å². The predicted octanol–water partition coefficient (Wildman–Crippen LogP) is -1.46. The molecular weight excluding hydrogens is 237 g/mol. The van der Waals surface area contributed by atoms with Gasteiger partial charge in [-0.3, -0.25) is 0 Å². The van der Waals surface area contributed by atoms with Crippen LogP contribution in [0.3, 0.4) is 0 Å². The molecule has 3 heteroatoms. The first kappa shape index (κ1) is 10.6. The van der Waals surface area contributed by atoms with Gasteiger partial charge in [-0.1, -0.05) is 0 Å². The Morgan fingerprint density at radius 2 is 1.67 bits per heavy atom. The van der Waals surface area contributed by atoms with Gasteiger partial charge < -0.3 is 0 Å². The smallest absolute Gasteiger partial charge is 1.00 e. The second kappa shape index (κ2) is 5.31. The van der Waals surface area contributed by atoms with E-state index in [1.807, 2.05) is 0 Å². The Bertz CT molecular complexity index is 69.5. The first-order valence-corrected chi connectivity index (χ1v) is 6.87. The van der Waals surface area contributed by atoms with Crippen molar-refractivity contribution in [3.8, 4) is 0 Å². The van der Waals surface area contributed by atoms with Crippen molar-refractivity contribution < 1.29 is 18.9 Å². The average Bonchev–Trinajstić information content (AvgIpc) is 1.64. The van der Waals surface area contributed by atoms with E-state index in [2.05, 4.69) is 18.1 Å². The fraction of sp³-hybridized carbons (Fsp3) is 0.833. The van der Waals surface area contributed by atoms with E-state index in [4.69, 9.17) is 0 Å². The Hall–Kier alpha value is 1.64. The van der Waals surface area contributed by atoms with Gasteiger partial charge in [0.05, 0.1) is 0 Å². The molecule has 0 aliphatic carbocycles. The van der Waals surface area contributed by atoms with Crippen molar-refractivity contribution in [2.24, 2.45) is 0 Å². The largest absolute Gasteiger partial charge is 1.00 e. The zero-order valence-electron chi connectivity index (χ0n) is 6.26. The van der Waals surface area contributed by atoms with Gasteiger partial charge in [-0.15, -0.1) is 0 Å². The number of rotatable bonds is 0. The SMILES string of the molecule is CC1CC(C)[Se][CH-][Se]1.[Li+]. The maximum atomic E-state index is 2.55. The fourth-order valence-electron chi connectivity index (χ4n) is 0.800. The summed E-state index contributed by atoms with van der Waals surface area (Å²) >= 11 is 1.79. The number of hydrogen-bond acceptors (Lipinski definition) is 0. The van der Waals surface area contributed by atoms with Gasteiger partial charge in [0.2, 0.25) is 0 Å².